The largest absolute Gasteiger partial charge is 0.330 e. The van der Waals surface area contributed by atoms with E-state index in [0.29, 0.717) is 6.54 Å². The summed E-state index contributed by atoms with van der Waals surface area (Å²) in [6.07, 6.45) is 1.69. The molecular formula is C9H13NO3S. The second-order valence-electron chi connectivity index (χ2n) is 3.01. The molecule has 0 aliphatic rings. The Morgan fingerprint density at radius 2 is 1.79 bits per heavy atom. The van der Waals surface area contributed by atoms with Crippen LogP contribution < -0.4 is 5.73 Å². The fourth-order valence-corrected chi connectivity index (χ4v) is 1.61. The van der Waals surface area contributed by atoms with E-state index in [0.717, 1.165) is 18.4 Å². The minimum absolute atomic E-state index is 0.0750. The van der Waals surface area contributed by atoms with Gasteiger partial charge in [0.1, 0.15) is 0 Å². The molecule has 1 rings (SSSR count). The lowest BCUT2D eigenvalue weighted by Gasteiger charge is -2.00. The van der Waals surface area contributed by atoms with E-state index in [1.54, 1.807) is 12.1 Å². The van der Waals surface area contributed by atoms with Gasteiger partial charge >= 0.3 is 0 Å². The van der Waals surface area contributed by atoms with Crippen LogP contribution in [-0.2, 0) is 16.5 Å². The number of aryl methyl sites for hydroxylation is 1. The molecule has 14 heavy (non-hydrogen) atoms. The third kappa shape index (κ3) is 3.10. The van der Waals surface area contributed by atoms with E-state index in [-0.39, 0.29) is 4.90 Å². The molecule has 0 radical (unpaired) electrons. The summed E-state index contributed by atoms with van der Waals surface area (Å²) in [6.45, 7) is 0.611. The maximum absolute atomic E-state index is 10.7. The van der Waals surface area contributed by atoms with Gasteiger partial charge in [-0.05, 0) is 37.1 Å². The van der Waals surface area contributed by atoms with Crippen molar-refractivity contribution in [2.45, 2.75) is 17.7 Å². The topological polar surface area (TPSA) is 80.4 Å². The van der Waals surface area contributed by atoms with Crippen LogP contribution in [0.4, 0.5) is 0 Å². The Hall–Kier alpha value is -0.910. The molecule has 1 aromatic carbocycles. The highest BCUT2D eigenvalue weighted by molar-refractivity contribution is 7.85. The average molecular weight is 215 g/mol. The molecule has 0 spiro atoms. The van der Waals surface area contributed by atoms with Crippen LogP contribution in [0.1, 0.15) is 12.0 Å². The van der Waals surface area contributed by atoms with Gasteiger partial charge in [0.15, 0.2) is 0 Å². The van der Waals surface area contributed by atoms with Gasteiger partial charge in [0.2, 0.25) is 0 Å². The Kier molecular flexibility index (Phi) is 3.62. The molecule has 5 heteroatoms. The maximum atomic E-state index is 10.7. The number of nitrogens with two attached hydrogens (primary N) is 1. The van der Waals surface area contributed by atoms with Crippen molar-refractivity contribution in [3.05, 3.63) is 29.8 Å². The first-order chi connectivity index (χ1) is 6.54. The molecule has 0 saturated carbocycles. The Bertz CT molecular complexity index is 383. The molecule has 0 aromatic heterocycles. The summed E-state index contributed by atoms with van der Waals surface area (Å²) in [6, 6.07) is 6.14. The SMILES string of the molecule is NCCCc1ccc(S(=O)(=O)O)cc1. The first-order valence-electron chi connectivity index (χ1n) is 4.30. The molecule has 78 valence electrons. The Morgan fingerprint density at radius 3 is 2.21 bits per heavy atom. The molecule has 0 heterocycles. The van der Waals surface area contributed by atoms with E-state index in [1.165, 1.54) is 12.1 Å². The third-order valence-corrected chi connectivity index (χ3v) is 2.76. The Morgan fingerprint density at radius 1 is 1.21 bits per heavy atom. The molecule has 3 N–H and O–H groups in total. The quantitative estimate of drug-likeness (QED) is 0.729. The lowest BCUT2D eigenvalue weighted by atomic mass is 10.1. The third-order valence-electron chi connectivity index (χ3n) is 1.89. The Labute approximate surface area is 83.5 Å². The number of benzene rings is 1. The standard InChI is InChI=1S/C9H13NO3S/c10-7-1-2-8-3-5-9(6-4-8)14(11,12)13/h3-6H,1-2,7,10H2,(H,11,12,13). The van der Waals surface area contributed by atoms with E-state index < -0.39 is 10.1 Å². The molecule has 0 bridgehead atoms. The fourth-order valence-electron chi connectivity index (χ4n) is 1.13. The molecule has 1 aromatic rings. The van der Waals surface area contributed by atoms with Gasteiger partial charge in [0, 0.05) is 0 Å². The van der Waals surface area contributed by atoms with Crippen LogP contribution in [0.15, 0.2) is 29.2 Å². The normalized spacial score (nSPS) is 11.6. The summed E-state index contributed by atoms with van der Waals surface area (Å²) in [5.41, 5.74) is 6.36. The summed E-state index contributed by atoms with van der Waals surface area (Å²) in [7, 11) is -4.06. The second kappa shape index (κ2) is 4.54. The van der Waals surface area contributed by atoms with Crippen LogP contribution in [-0.4, -0.2) is 19.5 Å². The first kappa shape index (κ1) is 11.2. The molecule has 0 unspecified atom stereocenters. The van der Waals surface area contributed by atoms with E-state index in [2.05, 4.69) is 0 Å². The predicted octanol–water partition coefficient (Wildman–Crippen LogP) is 0.825. The van der Waals surface area contributed by atoms with Gasteiger partial charge in [-0.2, -0.15) is 8.42 Å². The van der Waals surface area contributed by atoms with Crippen LogP contribution in [0.2, 0.25) is 0 Å². The van der Waals surface area contributed by atoms with Crippen molar-refractivity contribution in [2.24, 2.45) is 5.73 Å². The highest BCUT2D eigenvalue weighted by atomic mass is 32.2. The summed E-state index contributed by atoms with van der Waals surface area (Å²) in [4.78, 5) is -0.0750. The van der Waals surface area contributed by atoms with Crippen LogP contribution in [0.5, 0.6) is 0 Å². The van der Waals surface area contributed by atoms with Gasteiger partial charge in [-0.1, -0.05) is 12.1 Å². The summed E-state index contributed by atoms with van der Waals surface area (Å²) in [5, 5.41) is 0. The van der Waals surface area contributed by atoms with Gasteiger partial charge in [0.25, 0.3) is 10.1 Å². The minimum atomic E-state index is -4.06. The van der Waals surface area contributed by atoms with Crippen molar-refractivity contribution in [2.75, 3.05) is 6.54 Å². The average Bonchev–Trinajstić information content (AvgIpc) is 2.14. The second-order valence-corrected chi connectivity index (χ2v) is 4.43. The Balaban J connectivity index is 2.79. The van der Waals surface area contributed by atoms with Crippen LogP contribution >= 0.6 is 0 Å². The number of rotatable bonds is 4. The monoisotopic (exact) mass is 215 g/mol. The van der Waals surface area contributed by atoms with Crippen molar-refractivity contribution >= 4 is 10.1 Å². The maximum Gasteiger partial charge on any atom is 0.294 e. The lowest BCUT2D eigenvalue weighted by molar-refractivity contribution is 0.483. The van der Waals surface area contributed by atoms with Crippen LogP contribution in [0, 0.1) is 0 Å². The van der Waals surface area contributed by atoms with E-state index in [4.69, 9.17) is 10.3 Å². The van der Waals surface area contributed by atoms with E-state index >= 15 is 0 Å². The van der Waals surface area contributed by atoms with Crippen molar-refractivity contribution < 1.29 is 13.0 Å². The van der Waals surface area contributed by atoms with Gasteiger partial charge in [-0.15, -0.1) is 0 Å². The molecule has 0 aliphatic carbocycles. The zero-order valence-corrected chi connectivity index (χ0v) is 8.50. The van der Waals surface area contributed by atoms with E-state index in [1.807, 2.05) is 0 Å². The minimum Gasteiger partial charge on any atom is -0.330 e. The van der Waals surface area contributed by atoms with Gasteiger partial charge in [-0.25, -0.2) is 0 Å². The lowest BCUT2D eigenvalue weighted by Crippen LogP contribution is -2.01. The molecule has 0 amide bonds. The fraction of sp³-hybridized carbons (Fsp3) is 0.333. The van der Waals surface area contributed by atoms with Crippen LogP contribution in [0.25, 0.3) is 0 Å². The molecule has 0 fully saturated rings. The summed E-state index contributed by atoms with van der Waals surface area (Å²) >= 11 is 0. The first-order valence-corrected chi connectivity index (χ1v) is 5.74. The van der Waals surface area contributed by atoms with E-state index in [9.17, 15) is 8.42 Å². The van der Waals surface area contributed by atoms with Gasteiger partial charge < -0.3 is 5.73 Å². The highest BCUT2D eigenvalue weighted by Crippen LogP contribution is 2.10. The molecule has 0 atom stereocenters. The predicted molar refractivity (Wildman–Crippen MR) is 53.6 cm³/mol. The number of hydrogen-bond acceptors (Lipinski definition) is 3. The smallest absolute Gasteiger partial charge is 0.294 e. The van der Waals surface area contributed by atoms with Crippen LogP contribution in [0.3, 0.4) is 0 Å². The van der Waals surface area contributed by atoms with Gasteiger partial charge in [0.05, 0.1) is 4.90 Å². The zero-order valence-electron chi connectivity index (χ0n) is 7.68. The van der Waals surface area contributed by atoms with Crippen molar-refractivity contribution in [1.29, 1.82) is 0 Å². The zero-order chi connectivity index (χ0) is 10.6. The molecule has 0 aliphatic heterocycles. The van der Waals surface area contributed by atoms with Crippen molar-refractivity contribution in [1.82, 2.24) is 0 Å². The number of hydrogen-bond donors (Lipinski definition) is 2. The van der Waals surface area contributed by atoms with Crippen molar-refractivity contribution in [3.8, 4) is 0 Å². The van der Waals surface area contributed by atoms with Crippen molar-refractivity contribution in [3.63, 3.8) is 0 Å². The summed E-state index contributed by atoms with van der Waals surface area (Å²) < 4.78 is 30.1. The highest BCUT2D eigenvalue weighted by Gasteiger charge is 2.07. The summed E-state index contributed by atoms with van der Waals surface area (Å²) in [5.74, 6) is 0. The molecule has 0 saturated heterocycles. The molecule has 4 nitrogen and oxygen atoms in total. The van der Waals surface area contributed by atoms with Gasteiger partial charge in [-0.3, -0.25) is 4.55 Å². The molecular weight excluding hydrogens is 202 g/mol.